The van der Waals surface area contributed by atoms with E-state index in [9.17, 15) is 15.3 Å². The van der Waals surface area contributed by atoms with E-state index in [4.69, 9.17) is 14.6 Å². The zero-order valence-electron chi connectivity index (χ0n) is 12.4. The summed E-state index contributed by atoms with van der Waals surface area (Å²) in [5, 5.41) is 40.7. The summed E-state index contributed by atoms with van der Waals surface area (Å²) in [6.45, 7) is -0.297. The highest BCUT2D eigenvalue weighted by Crippen LogP contribution is 2.23. The van der Waals surface area contributed by atoms with Crippen molar-refractivity contribution in [1.82, 2.24) is 0 Å². The molecule has 0 bridgehead atoms. The molecule has 6 heteroatoms. The number of hydrogen-bond donors (Lipinski definition) is 4. The van der Waals surface area contributed by atoms with E-state index < -0.39 is 37.3 Å². The molecular formula is C17H20O6. The molecule has 0 amide bonds. The van der Waals surface area contributed by atoms with Gasteiger partial charge in [0.1, 0.15) is 24.4 Å². The molecule has 1 fully saturated rings. The summed E-state index contributed by atoms with van der Waals surface area (Å²) in [5.41, 5.74) is 0.890. The molecule has 1 aliphatic rings. The van der Waals surface area contributed by atoms with Crippen molar-refractivity contribution in [3.63, 3.8) is 0 Å². The van der Waals surface area contributed by atoms with Gasteiger partial charge in [-0.1, -0.05) is 36.4 Å². The lowest BCUT2D eigenvalue weighted by Crippen LogP contribution is -2.59. The van der Waals surface area contributed by atoms with Gasteiger partial charge in [0.05, 0.1) is 13.2 Å². The van der Waals surface area contributed by atoms with Crippen LogP contribution >= 0.6 is 0 Å². The Balaban J connectivity index is 1.68. The zero-order chi connectivity index (χ0) is 16.4. The Kier molecular flexibility index (Phi) is 4.91. The molecule has 2 aromatic rings. The maximum atomic E-state index is 9.93. The van der Waals surface area contributed by atoms with Gasteiger partial charge in [0.25, 0.3) is 0 Å². The van der Waals surface area contributed by atoms with Crippen LogP contribution in [-0.4, -0.2) is 57.7 Å². The Morgan fingerprint density at radius 3 is 2.39 bits per heavy atom. The van der Waals surface area contributed by atoms with E-state index in [0.29, 0.717) is 0 Å². The van der Waals surface area contributed by atoms with Gasteiger partial charge < -0.3 is 29.9 Å². The Morgan fingerprint density at radius 2 is 1.65 bits per heavy atom. The molecule has 23 heavy (non-hydrogen) atoms. The van der Waals surface area contributed by atoms with Gasteiger partial charge in [-0.15, -0.1) is 0 Å². The molecule has 1 saturated heterocycles. The third kappa shape index (κ3) is 3.37. The van der Waals surface area contributed by atoms with Crippen molar-refractivity contribution in [2.24, 2.45) is 0 Å². The zero-order valence-corrected chi connectivity index (χ0v) is 12.4. The second-order valence-corrected chi connectivity index (χ2v) is 5.69. The predicted molar refractivity (Wildman–Crippen MR) is 82.5 cm³/mol. The summed E-state index contributed by atoms with van der Waals surface area (Å²) < 4.78 is 10.8. The van der Waals surface area contributed by atoms with Crippen molar-refractivity contribution in [2.45, 2.75) is 37.3 Å². The van der Waals surface area contributed by atoms with Crippen molar-refractivity contribution >= 4 is 10.8 Å². The first-order valence-electron chi connectivity index (χ1n) is 7.50. The van der Waals surface area contributed by atoms with Crippen LogP contribution in [0.15, 0.2) is 42.5 Å². The molecule has 0 aromatic heterocycles. The lowest BCUT2D eigenvalue weighted by molar-refractivity contribution is -0.304. The molecule has 3 rings (SSSR count). The number of benzene rings is 2. The first-order valence-corrected chi connectivity index (χ1v) is 7.50. The van der Waals surface area contributed by atoms with Crippen LogP contribution in [0.2, 0.25) is 0 Å². The molecule has 2 aromatic carbocycles. The average molecular weight is 320 g/mol. The summed E-state index contributed by atoms with van der Waals surface area (Å²) in [6.07, 6.45) is -6.27. The Labute approximate surface area is 133 Å². The molecule has 0 spiro atoms. The summed E-state index contributed by atoms with van der Waals surface area (Å²) >= 11 is 0. The highest BCUT2D eigenvalue weighted by atomic mass is 16.7. The van der Waals surface area contributed by atoms with Crippen molar-refractivity contribution in [3.05, 3.63) is 48.0 Å². The van der Waals surface area contributed by atoms with Crippen molar-refractivity contribution < 1.29 is 29.9 Å². The molecule has 124 valence electrons. The van der Waals surface area contributed by atoms with E-state index in [1.54, 1.807) is 0 Å². The van der Waals surface area contributed by atoms with Crippen LogP contribution in [0, 0.1) is 0 Å². The number of hydrogen-bond acceptors (Lipinski definition) is 6. The smallest absolute Gasteiger partial charge is 0.187 e. The minimum atomic E-state index is -1.43. The van der Waals surface area contributed by atoms with Crippen molar-refractivity contribution in [1.29, 1.82) is 0 Å². The third-order valence-electron chi connectivity index (χ3n) is 4.08. The van der Waals surface area contributed by atoms with Crippen LogP contribution in [0.25, 0.3) is 10.8 Å². The molecule has 0 radical (unpaired) electrons. The SMILES string of the molecule is OC[C@H]1OC(OCc2ccc3ccccc3c2)[C@H](O)[C@@H](O)[C@@H]1O. The van der Waals surface area contributed by atoms with E-state index in [-0.39, 0.29) is 6.61 Å². The molecule has 0 aliphatic carbocycles. The van der Waals surface area contributed by atoms with E-state index in [2.05, 4.69) is 0 Å². The van der Waals surface area contributed by atoms with Gasteiger partial charge >= 0.3 is 0 Å². The maximum absolute atomic E-state index is 9.93. The fraction of sp³-hybridized carbons (Fsp3) is 0.412. The summed E-state index contributed by atoms with van der Waals surface area (Å²) in [5.74, 6) is 0. The summed E-state index contributed by atoms with van der Waals surface area (Å²) in [6, 6.07) is 13.8. The normalized spacial score (nSPS) is 31.4. The number of fused-ring (bicyclic) bond motifs is 1. The first-order chi connectivity index (χ1) is 11.1. The second-order valence-electron chi connectivity index (χ2n) is 5.69. The lowest BCUT2D eigenvalue weighted by atomic mass is 9.99. The number of aliphatic hydroxyl groups excluding tert-OH is 4. The lowest BCUT2D eigenvalue weighted by Gasteiger charge is -2.39. The van der Waals surface area contributed by atoms with E-state index in [0.717, 1.165) is 16.3 Å². The molecule has 1 unspecified atom stereocenters. The monoisotopic (exact) mass is 320 g/mol. The van der Waals surface area contributed by atoms with Gasteiger partial charge in [0, 0.05) is 0 Å². The molecule has 1 aliphatic heterocycles. The Morgan fingerprint density at radius 1 is 0.913 bits per heavy atom. The van der Waals surface area contributed by atoms with Gasteiger partial charge in [0.15, 0.2) is 6.29 Å². The van der Waals surface area contributed by atoms with Crippen molar-refractivity contribution in [2.75, 3.05) is 6.61 Å². The van der Waals surface area contributed by atoms with Gasteiger partial charge in [-0.05, 0) is 22.4 Å². The average Bonchev–Trinajstić information content (AvgIpc) is 2.59. The molecule has 0 saturated carbocycles. The fourth-order valence-corrected chi connectivity index (χ4v) is 2.71. The topological polar surface area (TPSA) is 99.4 Å². The number of aliphatic hydroxyl groups is 4. The van der Waals surface area contributed by atoms with Crippen LogP contribution < -0.4 is 0 Å². The van der Waals surface area contributed by atoms with E-state index >= 15 is 0 Å². The third-order valence-corrected chi connectivity index (χ3v) is 4.08. The van der Waals surface area contributed by atoms with E-state index in [1.165, 1.54) is 0 Å². The standard InChI is InChI=1S/C17H20O6/c18-8-13-14(19)15(20)16(21)17(23-13)22-9-10-5-6-11-3-1-2-4-12(11)7-10/h1-7,13-21H,8-9H2/t13-,14-,15+,16-,17?/m1/s1. The summed E-state index contributed by atoms with van der Waals surface area (Å²) in [4.78, 5) is 0. The van der Waals surface area contributed by atoms with E-state index in [1.807, 2.05) is 42.5 Å². The van der Waals surface area contributed by atoms with Gasteiger partial charge in [0.2, 0.25) is 0 Å². The van der Waals surface area contributed by atoms with Crippen LogP contribution in [0.4, 0.5) is 0 Å². The fourth-order valence-electron chi connectivity index (χ4n) is 2.71. The molecule has 5 atom stereocenters. The predicted octanol–water partition coefficient (Wildman–Crippen LogP) is 0.156. The van der Waals surface area contributed by atoms with Crippen LogP contribution in [0.3, 0.4) is 0 Å². The van der Waals surface area contributed by atoms with Gasteiger partial charge in [-0.3, -0.25) is 0 Å². The molecule has 6 nitrogen and oxygen atoms in total. The largest absolute Gasteiger partial charge is 0.394 e. The first kappa shape index (κ1) is 16.3. The molecule has 4 N–H and O–H groups in total. The highest BCUT2D eigenvalue weighted by molar-refractivity contribution is 5.82. The van der Waals surface area contributed by atoms with Gasteiger partial charge in [-0.25, -0.2) is 0 Å². The number of rotatable bonds is 4. The maximum Gasteiger partial charge on any atom is 0.187 e. The Hall–Kier alpha value is -1.54. The molecular weight excluding hydrogens is 300 g/mol. The Bertz CT molecular complexity index is 658. The summed E-state index contributed by atoms with van der Waals surface area (Å²) in [7, 11) is 0. The van der Waals surface area contributed by atoms with Crippen LogP contribution in [-0.2, 0) is 16.1 Å². The van der Waals surface area contributed by atoms with Crippen LogP contribution in [0.5, 0.6) is 0 Å². The van der Waals surface area contributed by atoms with Gasteiger partial charge in [-0.2, -0.15) is 0 Å². The quantitative estimate of drug-likeness (QED) is 0.640. The minimum absolute atomic E-state index is 0.174. The second kappa shape index (κ2) is 6.92. The molecule has 1 heterocycles. The highest BCUT2D eigenvalue weighted by Gasteiger charge is 2.43. The van der Waals surface area contributed by atoms with Crippen LogP contribution in [0.1, 0.15) is 5.56 Å². The minimum Gasteiger partial charge on any atom is -0.394 e. The van der Waals surface area contributed by atoms with Crippen molar-refractivity contribution in [3.8, 4) is 0 Å². The number of ether oxygens (including phenoxy) is 2.